The van der Waals surface area contributed by atoms with Gasteiger partial charge in [0.15, 0.2) is 5.78 Å². The number of rotatable bonds is 5. The van der Waals surface area contributed by atoms with Crippen molar-refractivity contribution in [2.45, 2.75) is 44.3 Å². The second-order valence-corrected chi connectivity index (χ2v) is 9.35. The molecule has 1 aliphatic heterocycles. The first-order chi connectivity index (χ1) is 14.2. The van der Waals surface area contributed by atoms with Gasteiger partial charge in [0.25, 0.3) is 5.22 Å². The Labute approximate surface area is 179 Å². The molecular weight excluding hydrogens is 398 g/mol. The summed E-state index contributed by atoms with van der Waals surface area (Å²) in [7, 11) is 0. The van der Waals surface area contributed by atoms with Crippen LogP contribution in [0.4, 0.5) is 5.69 Å². The lowest BCUT2D eigenvalue weighted by Gasteiger charge is -2.18. The van der Waals surface area contributed by atoms with Gasteiger partial charge in [-0.25, -0.2) is 0 Å². The molecule has 7 heteroatoms. The maximum atomic E-state index is 12.6. The minimum Gasteiger partial charge on any atom is -0.411 e. The number of ketones is 1. The minimum atomic E-state index is -0.247. The quantitative estimate of drug-likeness (QED) is 0.458. The fourth-order valence-electron chi connectivity index (χ4n) is 3.30. The van der Waals surface area contributed by atoms with E-state index in [1.165, 1.54) is 17.3 Å². The van der Waals surface area contributed by atoms with Crippen molar-refractivity contribution >= 4 is 29.1 Å². The third kappa shape index (κ3) is 4.03. The number of Topliss-reactive ketones (excluding diaryl/α,β-unsaturated/α-hetero) is 1. The van der Waals surface area contributed by atoms with Crippen molar-refractivity contribution in [2.24, 2.45) is 0 Å². The molecule has 1 aliphatic rings. The molecular formula is C23H23N3O3S. The number of nitrogens with one attached hydrogen (secondary N) is 1. The molecule has 4 rings (SSSR count). The molecule has 3 aromatic rings. The lowest BCUT2D eigenvalue weighted by atomic mass is 9.87. The average molecular weight is 422 g/mol. The van der Waals surface area contributed by atoms with Crippen molar-refractivity contribution in [1.82, 2.24) is 10.2 Å². The van der Waals surface area contributed by atoms with Gasteiger partial charge in [-0.2, -0.15) is 0 Å². The van der Waals surface area contributed by atoms with Crippen molar-refractivity contribution in [3.8, 4) is 11.5 Å². The monoisotopic (exact) mass is 421 g/mol. The van der Waals surface area contributed by atoms with Crippen LogP contribution in [0.25, 0.3) is 11.5 Å². The molecule has 1 amide bonds. The first-order valence-electron chi connectivity index (χ1n) is 9.77. The second kappa shape index (κ2) is 7.72. The number of amides is 1. The van der Waals surface area contributed by atoms with Crippen LogP contribution in [0.1, 0.15) is 55.1 Å². The Balaban J connectivity index is 1.41. The lowest BCUT2D eigenvalue weighted by Crippen LogP contribution is -2.10. The van der Waals surface area contributed by atoms with Crippen LogP contribution in [0.5, 0.6) is 0 Å². The van der Waals surface area contributed by atoms with E-state index in [1.54, 1.807) is 18.2 Å². The maximum absolute atomic E-state index is 12.6. The standard InChI is InChI=1S/C23H23N3O3S/c1-13-17-11-15(7-10-18(17)24-20(13)28)19(27)12-30-22-26-25-21(29-22)14-5-8-16(9-6-14)23(2,3)4/h5-11,13H,12H2,1-4H3,(H,24,28)/t13-/m1/s1. The zero-order valence-corrected chi connectivity index (χ0v) is 18.2. The topological polar surface area (TPSA) is 85.1 Å². The van der Waals surface area contributed by atoms with E-state index in [2.05, 4.69) is 48.4 Å². The smallest absolute Gasteiger partial charge is 0.277 e. The first-order valence-corrected chi connectivity index (χ1v) is 10.8. The summed E-state index contributed by atoms with van der Waals surface area (Å²) in [5, 5.41) is 11.3. The normalized spacial score (nSPS) is 15.7. The number of carbonyl (C=O) groups excluding carboxylic acids is 2. The van der Waals surface area contributed by atoms with Crippen molar-refractivity contribution < 1.29 is 14.0 Å². The molecule has 30 heavy (non-hydrogen) atoms. The van der Waals surface area contributed by atoms with Crippen LogP contribution in [0, 0.1) is 0 Å². The SMILES string of the molecule is C[C@H]1C(=O)Nc2ccc(C(=O)CSc3nnc(-c4ccc(C(C)(C)C)cc4)o3)cc21. The summed E-state index contributed by atoms with van der Waals surface area (Å²) in [6, 6.07) is 13.4. The Kier molecular flexibility index (Phi) is 5.24. The lowest BCUT2D eigenvalue weighted by molar-refractivity contribution is -0.116. The molecule has 0 saturated carbocycles. The number of hydrogen-bond donors (Lipinski definition) is 1. The zero-order chi connectivity index (χ0) is 21.5. The van der Waals surface area contributed by atoms with Gasteiger partial charge in [0.1, 0.15) is 0 Å². The number of aromatic nitrogens is 2. The van der Waals surface area contributed by atoms with E-state index in [-0.39, 0.29) is 28.8 Å². The predicted molar refractivity (Wildman–Crippen MR) is 117 cm³/mol. The van der Waals surface area contributed by atoms with Crippen LogP contribution in [-0.4, -0.2) is 27.6 Å². The maximum Gasteiger partial charge on any atom is 0.277 e. The summed E-state index contributed by atoms with van der Waals surface area (Å²) >= 11 is 1.21. The first kappa shape index (κ1) is 20.3. The van der Waals surface area contributed by atoms with E-state index in [0.717, 1.165) is 16.8 Å². The highest BCUT2D eigenvalue weighted by Gasteiger charge is 2.27. The van der Waals surface area contributed by atoms with Gasteiger partial charge in [0, 0.05) is 16.8 Å². The highest BCUT2D eigenvalue weighted by Crippen LogP contribution is 2.33. The summed E-state index contributed by atoms with van der Waals surface area (Å²) in [4.78, 5) is 24.4. The van der Waals surface area contributed by atoms with Gasteiger partial charge < -0.3 is 9.73 Å². The van der Waals surface area contributed by atoms with Crippen LogP contribution in [0.2, 0.25) is 0 Å². The Morgan fingerprint density at radius 3 is 2.57 bits per heavy atom. The Hall–Kier alpha value is -2.93. The molecule has 0 radical (unpaired) electrons. The van der Waals surface area contributed by atoms with Crippen molar-refractivity contribution in [3.63, 3.8) is 0 Å². The number of anilines is 1. The molecule has 1 aromatic heterocycles. The number of nitrogens with zero attached hydrogens (tertiary/aromatic N) is 2. The van der Waals surface area contributed by atoms with Crippen molar-refractivity contribution in [3.05, 3.63) is 59.2 Å². The van der Waals surface area contributed by atoms with Gasteiger partial charge >= 0.3 is 0 Å². The molecule has 154 valence electrons. The fraction of sp³-hybridized carbons (Fsp3) is 0.304. The Bertz CT molecular complexity index is 1110. The molecule has 2 heterocycles. The number of carbonyl (C=O) groups is 2. The fourth-order valence-corrected chi connectivity index (χ4v) is 3.96. The van der Waals surface area contributed by atoms with Gasteiger partial charge in [-0.05, 0) is 53.8 Å². The summed E-state index contributed by atoms with van der Waals surface area (Å²) in [6.45, 7) is 8.32. The van der Waals surface area contributed by atoms with E-state index in [0.29, 0.717) is 16.7 Å². The van der Waals surface area contributed by atoms with Crippen LogP contribution in [-0.2, 0) is 10.2 Å². The van der Waals surface area contributed by atoms with Crippen LogP contribution in [0.3, 0.4) is 0 Å². The molecule has 1 N–H and O–H groups in total. The molecule has 2 aromatic carbocycles. The third-order valence-corrected chi connectivity index (χ3v) is 6.04. The van der Waals surface area contributed by atoms with Crippen LogP contribution in [0.15, 0.2) is 52.1 Å². The average Bonchev–Trinajstić information content (AvgIpc) is 3.30. The highest BCUT2D eigenvalue weighted by molar-refractivity contribution is 7.99. The molecule has 0 fully saturated rings. The van der Waals surface area contributed by atoms with Gasteiger partial charge in [0.05, 0.1) is 11.7 Å². The summed E-state index contributed by atoms with van der Waals surface area (Å²) < 4.78 is 5.72. The van der Waals surface area contributed by atoms with E-state index in [1.807, 2.05) is 19.1 Å². The molecule has 6 nitrogen and oxygen atoms in total. The predicted octanol–water partition coefficient (Wildman–Crippen LogP) is 5.06. The number of hydrogen-bond acceptors (Lipinski definition) is 6. The Morgan fingerprint density at radius 1 is 1.13 bits per heavy atom. The molecule has 0 aliphatic carbocycles. The van der Waals surface area contributed by atoms with Crippen molar-refractivity contribution in [2.75, 3.05) is 11.1 Å². The van der Waals surface area contributed by atoms with E-state index in [4.69, 9.17) is 4.42 Å². The number of benzene rings is 2. The van der Waals surface area contributed by atoms with E-state index in [9.17, 15) is 9.59 Å². The minimum absolute atomic E-state index is 0.0436. The molecule has 1 atom stereocenters. The summed E-state index contributed by atoms with van der Waals surface area (Å²) in [6.07, 6.45) is 0. The van der Waals surface area contributed by atoms with Crippen LogP contribution < -0.4 is 5.32 Å². The summed E-state index contributed by atoms with van der Waals surface area (Å²) in [5.41, 5.74) is 4.35. The third-order valence-electron chi connectivity index (χ3n) is 5.22. The highest BCUT2D eigenvalue weighted by atomic mass is 32.2. The van der Waals surface area contributed by atoms with Gasteiger partial charge in [-0.3, -0.25) is 9.59 Å². The number of fused-ring (bicyclic) bond motifs is 1. The summed E-state index contributed by atoms with van der Waals surface area (Å²) in [5.74, 6) is 0.269. The van der Waals surface area contributed by atoms with Crippen molar-refractivity contribution in [1.29, 1.82) is 0 Å². The number of thioether (sulfide) groups is 1. The molecule has 0 saturated heterocycles. The van der Waals surface area contributed by atoms with Gasteiger partial charge in [-0.15, -0.1) is 10.2 Å². The van der Waals surface area contributed by atoms with E-state index < -0.39 is 0 Å². The van der Waals surface area contributed by atoms with E-state index >= 15 is 0 Å². The van der Waals surface area contributed by atoms with Crippen LogP contribution >= 0.6 is 11.8 Å². The Morgan fingerprint density at radius 2 is 1.87 bits per heavy atom. The zero-order valence-electron chi connectivity index (χ0n) is 17.4. The van der Waals surface area contributed by atoms with Gasteiger partial charge in [0.2, 0.25) is 11.8 Å². The second-order valence-electron chi connectivity index (χ2n) is 8.43. The van der Waals surface area contributed by atoms with Gasteiger partial charge in [-0.1, -0.05) is 44.7 Å². The molecule has 0 unspecified atom stereocenters. The molecule has 0 spiro atoms. The molecule has 0 bridgehead atoms. The largest absolute Gasteiger partial charge is 0.411 e.